The fourth-order valence-corrected chi connectivity index (χ4v) is 3.58. The summed E-state index contributed by atoms with van der Waals surface area (Å²) >= 11 is 0. The summed E-state index contributed by atoms with van der Waals surface area (Å²) in [5, 5.41) is 3.90. The molecule has 0 spiro atoms. The minimum atomic E-state index is -0.467. The molecular formula is C26H21N3O5. The third kappa shape index (κ3) is 4.16. The van der Waals surface area contributed by atoms with Crippen LogP contribution in [-0.4, -0.2) is 23.8 Å². The van der Waals surface area contributed by atoms with E-state index in [9.17, 15) is 4.79 Å². The summed E-state index contributed by atoms with van der Waals surface area (Å²) < 4.78 is 23.6. The number of anilines is 2. The molecule has 0 saturated heterocycles. The zero-order chi connectivity index (χ0) is 23.5. The van der Waals surface area contributed by atoms with E-state index in [1.165, 1.54) is 4.57 Å². The molecule has 170 valence electrons. The molecule has 0 aliphatic rings. The highest BCUT2D eigenvalue weighted by molar-refractivity contribution is 5.88. The number of fused-ring (bicyclic) bond motifs is 1. The Labute approximate surface area is 195 Å². The Morgan fingerprint density at radius 2 is 1.62 bits per heavy atom. The van der Waals surface area contributed by atoms with Gasteiger partial charge in [-0.2, -0.15) is 0 Å². The van der Waals surface area contributed by atoms with Gasteiger partial charge in [-0.15, -0.1) is 0 Å². The highest BCUT2D eigenvalue weighted by Gasteiger charge is 2.12. The van der Waals surface area contributed by atoms with Crippen LogP contribution in [0.15, 0.2) is 94.4 Å². The average Bonchev–Trinajstić information content (AvgIpc) is 3.24. The van der Waals surface area contributed by atoms with Gasteiger partial charge in [0.2, 0.25) is 5.88 Å². The lowest BCUT2D eigenvalue weighted by Crippen LogP contribution is -2.10. The van der Waals surface area contributed by atoms with Gasteiger partial charge in [-0.1, -0.05) is 18.2 Å². The van der Waals surface area contributed by atoms with Gasteiger partial charge in [0.25, 0.3) is 0 Å². The molecule has 2 aromatic heterocycles. The fourth-order valence-electron chi connectivity index (χ4n) is 3.58. The predicted octanol–water partition coefficient (Wildman–Crippen LogP) is 5.53. The molecule has 5 rings (SSSR count). The molecule has 0 bridgehead atoms. The summed E-state index contributed by atoms with van der Waals surface area (Å²) in [6.45, 7) is 0. The monoisotopic (exact) mass is 455 g/mol. The van der Waals surface area contributed by atoms with E-state index in [2.05, 4.69) is 10.3 Å². The summed E-state index contributed by atoms with van der Waals surface area (Å²) in [7, 11) is 3.17. The van der Waals surface area contributed by atoms with E-state index in [4.69, 9.17) is 18.6 Å². The average molecular weight is 455 g/mol. The second kappa shape index (κ2) is 9.03. The molecule has 8 nitrogen and oxygen atoms in total. The molecule has 0 radical (unpaired) electrons. The number of aromatic nitrogens is 2. The number of para-hydroxylation sites is 1. The van der Waals surface area contributed by atoms with Crippen molar-refractivity contribution in [2.45, 2.75) is 0 Å². The van der Waals surface area contributed by atoms with Crippen LogP contribution in [-0.2, 0) is 0 Å². The lowest BCUT2D eigenvalue weighted by atomic mass is 10.2. The first-order valence-electron chi connectivity index (χ1n) is 10.5. The Balaban J connectivity index is 1.36. The van der Waals surface area contributed by atoms with Crippen LogP contribution in [0.1, 0.15) is 0 Å². The van der Waals surface area contributed by atoms with Gasteiger partial charge in [-0.3, -0.25) is 4.98 Å². The van der Waals surface area contributed by atoms with E-state index < -0.39 is 5.76 Å². The number of oxazole rings is 1. The quantitative estimate of drug-likeness (QED) is 0.345. The second-order valence-electron chi connectivity index (χ2n) is 7.35. The van der Waals surface area contributed by atoms with Crippen molar-refractivity contribution in [1.82, 2.24) is 9.55 Å². The maximum absolute atomic E-state index is 12.2. The molecule has 0 aliphatic heterocycles. The van der Waals surface area contributed by atoms with Crippen molar-refractivity contribution in [1.29, 1.82) is 0 Å². The number of hydrogen-bond acceptors (Lipinski definition) is 7. The van der Waals surface area contributed by atoms with E-state index in [1.807, 2.05) is 66.7 Å². The summed E-state index contributed by atoms with van der Waals surface area (Å²) in [6, 6.07) is 22.0. The first kappa shape index (κ1) is 21.1. The van der Waals surface area contributed by atoms with Gasteiger partial charge in [-0.25, -0.2) is 9.36 Å². The number of ether oxygens (including phenoxy) is 3. The first-order chi connectivity index (χ1) is 16.6. The molecule has 0 atom stereocenters. The molecule has 0 amide bonds. The van der Waals surface area contributed by atoms with Crippen molar-refractivity contribution in [2.75, 3.05) is 19.5 Å². The molecule has 5 aromatic rings. The zero-order valence-electron chi connectivity index (χ0n) is 18.5. The summed E-state index contributed by atoms with van der Waals surface area (Å²) in [5.74, 6) is 2.34. The van der Waals surface area contributed by atoms with Gasteiger partial charge in [0.15, 0.2) is 11.5 Å². The maximum atomic E-state index is 12.2. The van der Waals surface area contributed by atoms with Crippen LogP contribution in [0, 0.1) is 0 Å². The fraction of sp³-hybridized carbons (Fsp3) is 0.0769. The first-order valence-corrected chi connectivity index (χ1v) is 10.5. The third-order valence-corrected chi connectivity index (χ3v) is 5.23. The smallest absolute Gasteiger partial charge is 0.425 e. The van der Waals surface area contributed by atoms with Gasteiger partial charge < -0.3 is 23.9 Å². The topological polar surface area (TPSA) is 87.8 Å². The molecular weight excluding hydrogens is 434 g/mol. The lowest BCUT2D eigenvalue weighted by Gasteiger charge is -2.12. The predicted molar refractivity (Wildman–Crippen MR) is 129 cm³/mol. The molecule has 34 heavy (non-hydrogen) atoms. The van der Waals surface area contributed by atoms with Crippen molar-refractivity contribution in [3.05, 3.63) is 95.7 Å². The van der Waals surface area contributed by atoms with Crippen molar-refractivity contribution in [3.63, 3.8) is 0 Å². The molecule has 1 N–H and O–H groups in total. The van der Waals surface area contributed by atoms with Crippen molar-refractivity contribution >= 4 is 22.5 Å². The van der Waals surface area contributed by atoms with Gasteiger partial charge in [-0.05, 0) is 48.5 Å². The Hall–Kier alpha value is -4.72. The number of hydrogen-bond donors (Lipinski definition) is 1. The summed E-state index contributed by atoms with van der Waals surface area (Å²) in [4.78, 5) is 16.6. The van der Waals surface area contributed by atoms with E-state index in [-0.39, 0.29) is 0 Å². The van der Waals surface area contributed by atoms with E-state index in [0.717, 1.165) is 22.3 Å². The molecule has 2 heterocycles. The molecule has 0 fully saturated rings. The van der Waals surface area contributed by atoms with Crippen LogP contribution < -0.4 is 25.3 Å². The minimum absolute atomic E-state index is 0.337. The van der Waals surface area contributed by atoms with E-state index in [1.54, 1.807) is 32.7 Å². The Morgan fingerprint density at radius 1 is 0.882 bits per heavy atom. The highest BCUT2D eigenvalue weighted by atomic mass is 16.5. The SMILES string of the molecule is COc1cc2nccc(Oc3ccc(Nc4cn(-c5ccccc5)c(=O)o4)cc3)c2cc1OC. The van der Waals surface area contributed by atoms with E-state index in [0.29, 0.717) is 28.9 Å². The maximum Gasteiger partial charge on any atom is 0.425 e. The van der Waals surface area contributed by atoms with Crippen LogP contribution in [0.4, 0.5) is 11.6 Å². The third-order valence-electron chi connectivity index (χ3n) is 5.23. The van der Waals surface area contributed by atoms with Crippen LogP contribution in [0.5, 0.6) is 23.0 Å². The zero-order valence-corrected chi connectivity index (χ0v) is 18.5. The van der Waals surface area contributed by atoms with Crippen LogP contribution in [0.3, 0.4) is 0 Å². The van der Waals surface area contributed by atoms with Crippen molar-refractivity contribution in [2.24, 2.45) is 0 Å². The molecule has 0 aliphatic carbocycles. The largest absolute Gasteiger partial charge is 0.493 e. The van der Waals surface area contributed by atoms with Gasteiger partial charge in [0.1, 0.15) is 11.5 Å². The second-order valence-corrected chi connectivity index (χ2v) is 7.35. The standard InChI is InChI=1S/C26H21N3O5/c1-31-23-14-20-21(15-24(23)32-2)27-13-12-22(20)33-19-10-8-17(9-11-19)28-25-16-29(26(30)34-25)18-6-4-3-5-7-18/h3-16,28H,1-2H3. The van der Waals surface area contributed by atoms with Crippen LogP contribution in [0.2, 0.25) is 0 Å². The van der Waals surface area contributed by atoms with Gasteiger partial charge >= 0.3 is 5.76 Å². The Kier molecular flexibility index (Phi) is 5.61. The van der Waals surface area contributed by atoms with Crippen LogP contribution >= 0.6 is 0 Å². The Morgan fingerprint density at radius 3 is 2.35 bits per heavy atom. The molecule has 0 unspecified atom stereocenters. The number of nitrogens with zero attached hydrogens (tertiary/aromatic N) is 2. The lowest BCUT2D eigenvalue weighted by molar-refractivity contribution is 0.355. The Bertz CT molecular complexity index is 1490. The summed E-state index contributed by atoms with van der Waals surface area (Å²) in [5.41, 5.74) is 2.20. The normalized spacial score (nSPS) is 10.8. The van der Waals surface area contributed by atoms with Crippen molar-refractivity contribution in [3.8, 4) is 28.7 Å². The number of rotatable bonds is 7. The van der Waals surface area contributed by atoms with Gasteiger partial charge in [0, 0.05) is 23.3 Å². The number of benzene rings is 3. The van der Waals surface area contributed by atoms with Crippen molar-refractivity contribution < 1.29 is 18.6 Å². The van der Waals surface area contributed by atoms with Crippen LogP contribution in [0.25, 0.3) is 16.6 Å². The highest BCUT2D eigenvalue weighted by Crippen LogP contribution is 2.37. The molecule has 0 saturated carbocycles. The molecule has 8 heteroatoms. The minimum Gasteiger partial charge on any atom is -0.493 e. The number of methoxy groups -OCH3 is 2. The van der Waals surface area contributed by atoms with Gasteiger partial charge in [0.05, 0.1) is 31.6 Å². The molecule has 3 aromatic carbocycles. The number of pyridine rings is 1. The number of nitrogens with one attached hydrogen (secondary N) is 1. The van der Waals surface area contributed by atoms with E-state index >= 15 is 0 Å². The summed E-state index contributed by atoms with van der Waals surface area (Å²) in [6.07, 6.45) is 3.30.